The number of carbonyl (C=O) groups excluding carboxylic acids is 2. The molecule has 19 heavy (non-hydrogen) atoms. The van der Waals surface area contributed by atoms with Crippen molar-refractivity contribution >= 4 is 17.5 Å². The normalized spacial score (nSPS) is 17.3. The summed E-state index contributed by atoms with van der Waals surface area (Å²) in [6, 6.07) is 9.01. The lowest BCUT2D eigenvalue weighted by molar-refractivity contribution is -0.117. The summed E-state index contributed by atoms with van der Waals surface area (Å²) in [6.07, 6.45) is 0.231. The van der Waals surface area contributed by atoms with E-state index in [2.05, 4.69) is 15.5 Å². The van der Waals surface area contributed by atoms with Crippen LogP contribution in [0.4, 0.5) is 5.82 Å². The zero-order valence-electron chi connectivity index (χ0n) is 10.4. The lowest BCUT2D eigenvalue weighted by Gasteiger charge is -2.09. The molecule has 1 atom stereocenters. The molecule has 0 aliphatic heterocycles. The van der Waals surface area contributed by atoms with Crippen LogP contribution in [0.25, 0.3) is 0 Å². The number of aromatic amines is 1. The SMILES string of the molecule is Cc1cc(NC(=O)[C@@H]2CC(=O)c3ccccc32)n[nH]1. The van der Waals surface area contributed by atoms with E-state index in [-0.39, 0.29) is 18.1 Å². The van der Waals surface area contributed by atoms with E-state index in [1.807, 2.05) is 25.1 Å². The number of Topliss-reactive ketones (excluding diaryl/α,β-unsaturated/α-hetero) is 1. The molecule has 1 aromatic heterocycles. The van der Waals surface area contributed by atoms with Crippen LogP contribution in [0, 0.1) is 6.92 Å². The maximum atomic E-state index is 12.2. The molecule has 3 rings (SSSR count). The maximum absolute atomic E-state index is 12.2. The van der Waals surface area contributed by atoms with Crippen LogP contribution in [0.15, 0.2) is 30.3 Å². The van der Waals surface area contributed by atoms with Crippen molar-refractivity contribution in [1.82, 2.24) is 10.2 Å². The van der Waals surface area contributed by atoms with Crippen LogP contribution in [0.3, 0.4) is 0 Å². The number of nitrogens with one attached hydrogen (secondary N) is 2. The number of hydrogen-bond acceptors (Lipinski definition) is 3. The van der Waals surface area contributed by atoms with Crippen molar-refractivity contribution in [3.05, 3.63) is 47.2 Å². The van der Waals surface area contributed by atoms with E-state index in [1.165, 1.54) is 0 Å². The van der Waals surface area contributed by atoms with Gasteiger partial charge in [0.2, 0.25) is 5.91 Å². The summed E-state index contributed by atoms with van der Waals surface area (Å²) >= 11 is 0. The van der Waals surface area contributed by atoms with Crippen molar-refractivity contribution in [3.8, 4) is 0 Å². The number of amides is 1. The topological polar surface area (TPSA) is 74.8 Å². The highest BCUT2D eigenvalue weighted by Crippen LogP contribution is 2.33. The van der Waals surface area contributed by atoms with Gasteiger partial charge >= 0.3 is 0 Å². The van der Waals surface area contributed by atoms with Gasteiger partial charge in [0.25, 0.3) is 0 Å². The molecule has 0 saturated heterocycles. The molecule has 2 aromatic rings. The highest BCUT2D eigenvalue weighted by atomic mass is 16.2. The number of aryl methyl sites for hydroxylation is 1. The van der Waals surface area contributed by atoms with Crippen molar-refractivity contribution in [2.75, 3.05) is 5.32 Å². The highest BCUT2D eigenvalue weighted by Gasteiger charge is 2.34. The summed E-state index contributed by atoms with van der Waals surface area (Å²) in [4.78, 5) is 24.1. The third kappa shape index (κ3) is 2.03. The van der Waals surface area contributed by atoms with Crippen LogP contribution in [-0.2, 0) is 4.79 Å². The molecule has 1 heterocycles. The summed E-state index contributed by atoms with van der Waals surface area (Å²) in [5.74, 6) is -0.0983. The first-order valence-corrected chi connectivity index (χ1v) is 6.10. The van der Waals surface area contributed by atoms with E-state index in [9.17, 15) is 9.59 Å². The molecule has 0 bridgehead atoms. The highest BCUT2D eigenvalue weighted by molar-refractivity contribution is 6.09. The Kier molecular flexibility index (Phi) is 2.67. The van der Waals surface area contributed by atoms with Crippen LogP contribution < -0.4 is 5.32 Å². The van der Waals surface area contributed by atoms with E-state index in [1.54, 1.807) is 12.1 Å². The minimum absolute atomic E-state index is 0.0222. The first kappa shape index (κ1) is 11.6. The van der Waals surface area contributed by atoms with Gasteiger partial charge in [0.1, 0.15) is 0 Å². The molecule has 0 spiro atoms. The van der Waals surface area contributed by atoms with E-state index in [0.29, 0.717) is 11.4 Å². The number of aromatic nitrogens is 2. The smallest absolute Gasteiger partial charge is 0.233 e. The van der Waals surface area contributed by atoms with Crippen LogP contribution in [0.5, 0.6) is 0 Å². The molecule has 0 saturated carbocycles. The minimum atomic E-state index is -0.416. The van der Waals surface area contributed by atoms with Gasteiger partial charge < -0.3 is 5.32 Å². The Bertz CT molecular complexity index is 660. The third-order valence-corrected chi connectivity index (χ3v) is 3.30. The quantitative estimate of drug-likeness (QED) is 0.862. The van der Waals surface area contributed by atoms with Crippen molar-refractivity contribution in [2.24, 2.45) is 0 Å². The Hall–Kier alpha value is -2.43. The molecular weight excluding hydrogens is 242 g/mol. The average Bonchev–Trinajstić information content (AvgIpc) is 2.95. The minimum Gasteiger partial charge on any atom is -0.309 e. The van der Waals surface area contributed by atoms with E-state index < -0.39 is 5.92 Å². The van der Waals surface area contributed by atoms with Gasteiger partial charge in [-0.15, -0.1) is 0 Å². The molecule has 1 aliphatic rings. The van der Waals surface area contributed by atoms with Crippen LogP contribution in [0.2, 0.25) is 0 Å². The molecule has 2 N–H and O–H groups in total. The summed E-state index contributed by atoms with van der Waals surface area (Å²) < 4.78 is 0. The fourth-order valence-corrected chi connectivity index (χ4v) is 2.39. The van der Waals surface area contributed by atoms with Gasteiger partial charge in [-0.1, -0.05) is 24.3 Å². The van der Waals surface area contributed by atoms with Gasteiger partial charge in [0, 0.05) is 23.7 Å². The molecule has 5 nitrogen and oxygen atoms in total. The summed E-state index contributed by atoms with van der Waals surface area (Å²) in [7, 11) is 0. The van der Waals surface area contributed by atoms with Crippen LogP contribution in [-0.4, -0.2) is 21.9 Å². The molecule has 0 fully saturated rings. The van der Waals surface area contributed by atoms with Gasteiger partial charge in [0.05, 0.1) is 5.92 Å². The second kappa shape index (κ2) is 4.35. The number of hydrogen-bond donors (Lipinski definition) is 2. The number of benzene rings is 1. The lowest BCUT2D eigenvalue weighted by Crippen LogP contribution is -2.19. The summed E-state index contributed by atoms with van der Waals surface area (Å²) in [5.41, 5.74) is 2.33. The summed E-state index contributed by atoms with van der Waals surface area (Å²) in [6.45, 7) is 1.86. The fourth-order valence-electron chi connectivity index (χ4n) is 2.39. The zero-order chi connectivity index (χ0) is 13.4. The van der Waals surface area contributed by atoms with Crippen molar-refractivity contribution in [3.63, 3.8) is 0 Å². The molecule has 0 radical (unpaired) electrons. The first-order valence-electron chi connectivity index (χ1n) is 6.10. The molecule has 1 aromatic carbocycles. The number of anilines is 1. The second-order valence-electron chi connectivity index (χ2n) is 4.69. The van der Waals surface area contributed by atoms with Gasteiger partial charge in [-0.25, -0.2) is 0 Å². The van der Waals surface area contributed by atoms with Crippen LogP contribution >= 0.6 is 0 Å². The monoisotopic (exact) mass is 255 g/mol. The Morgan fingerprint density at radius 2 is 2.21 bits per heavy atom. The van der Waals surface area contributed by atoms with Crippen molar-refractivity contribution in [1.29, 1.82) is 0 Å². The largest absolute Gasteiger partial charge is 0.309 e. The molecule has 1 aliphatic carbocycles. The molecule has 0 unspecified atom stereocenters. The second-order valence-corrected chi connectivity index (χ2v) is 4.69. The molecular formula is C14H13N3O2. The van der Waals surface area contributed by atoms with E-state index in [4.69, 9.17) is 0 Å². The number of ketones is 1. The summed E-state index contributed by atoms with van der Waals surface area (Å²) in [5, 5.41) is 9.45. The van der Waals surface area contributed by atoms with Gasteiger partial charge in [0.15, 0.2) is 11.6 Å². The third-order valence-electron chi connectivity index (χ3n) is 3.30. The number of fused-ring (bicyclic) bond motifs is 1. The van der Waals surface area contributed by atoms with Gasteiger partial charge in [-0.05, 0) is 12.5 Å². The predicted octanol–water partition coefficient (Wildman–Crippen LogP) is 2.03. The Labute approximate surface area is 110 Å². The number of H-pyrrole nitrogens is 1. The Balaban J connectivity index is 1.84. The standard InChI is InChI=1S/C14H13N3O2/c1-8-6-13(17-16-8)15-14(19)11-7-12(18)10-5-3-2-4-9(10)11/h2-6,11H,7H2,1H3,(H2,15,16,17,19)/t11-/m1/s1. The van der Waals surface area contributed by atoms with Gasteiger partial charge in [-0.2, -0.15) is 5.10 Å². The Morgan fingerprint density at radius 1 is 1.42 bits per heavy atom. The number of nitrogens with zero attached hydrogens (tertiary/aromatic N) is 1. The number of rotatable bonds is 2. The van der Waals surface area contributed by atoms with Crippen molar-refractivity contribution in [2.45, 2.75) is 19.3 Å². The Morgan fingerprint density at radius 3 is 2.95 bits per heavy atom. The number of carbonyl (C=O) groups is 2. The zero-order valence-corrected chi connectivity index (χ0v) is 10.4. The predicted molar refractivity (Wildman–Crippen MR) is 70.1 cm³/mol. The van der Waals surface area contributed by atoms with E-state index >= 15 is 0 Å². The molecule has 5 heteroatoms. The molecule has 96 valence electrons. The van der Waals surface area contributed by atoms with Gasteiger partial charge in [-0.3, -0.25) is 14.7 Å². The lowest BCUT2D eigenvalue weighted by atomic mass is 10.0. The van der Waals surface area contributed by atoms with E-state index in [0.717, 1.165) is 11.3 Å². The first-order chi connectivity index (χ1) is 9.15. The van der Waals surface area contributed by atoms with Crippen LogP contribution in [0.1, 0.15) is 34.0 Å². The maximum Gasteiger partial charge on any atom is 0.233 e. The van der Waals surface area contributed by atoms with Crippen molar-refractivity contribution < 1.29 is 9.59 Å². The molecule has 1 amide bonds. The average molecular weight is 255 g/mol. The fraction of sp³-hybridized carbons (Fsp3) is 0.214.